The molecule has 1 amide bonds. The van der Waals surface area contributed by atoms with E-state index in [0.29, 0.717) is 28.6 Å². The number of hydrogen-bond acceptors (Lipinski definition) is 4. The monoisotopic (exact) mass is 323 g/mol. The van der Waals surface area contributed by atoms with Crippen LogP contribution in [-0.2, 0) is 6.54 Å². The maximum atomic E-state index is 12.3. The third kappa shape index (κ3) is 3.71. The SMILES string of the molecule is COc1cc(C(=O)NC(C)Cn2cccn2)cc(Cl)c1OC. The third-order valence-corrected chi connectivity index (χ3v) is 3.37. The van der Waals surface area contributed by atoms with Gasteiger partial charge in [-0.2, -0.15) is 5.10 Å². The van der Waals surface area contributed by atoms with Crippen LogP contribution in [0.15, 0.2) is 30.6 Å². The summed E-state index contributed by atoms with van der Waals surface area (Å²) < 4.78 is 12.1. The molecule has 2 rings (SSSR count). The first kappa shape index (κ1) is 16.2. The van der Waals surface area contributed by atoms with Gasteiger partial charge in [-0.25, -0.2) is 0 Å². The summed E-state index contributed by atoms with van der Waals surface area (Å²) in [6.07, 6.45) is 3.54. The van der Waals surface area contributed by atoms with Gasteiger partial charge in [0.05, 0.1) is 25.8 Å². The second kappa shape index (κ2) is 7.17. The van der Waals surface area contributed by atoms with E-state index in [1.807, 2.05) is 19.2 Å². The molecule has 0 bridgehead atoms. The van der Waals surface area contributed by atoms with Crippen LogP contribution in [-0.4, -0.2) is 35.9 Å². The standard InChI is InChI=1S/C15H18ClN3O3/c1-10(9-19-6-4-5-17-19)18-15(20)11-7-12(16)14(22-3)13(8-11)21-2/h4-8,10H,9H2,1-3H3,(H,18,20). The van der Waals surface area contributed by atoms with Crippen molar-refractivity contribution in [2.45, 2.75) is 19.5 Å². The van der Waals surface area contributed by atoms with Crippen molar-refractivity contribution in [2.75, 3.05) is 14.2 Å². The van der Waals surface area contributed by atoms with Crippen LogP contribution in [0.3, 0.4) is 0 Å². The fourth-order valence-corrected chi connectivity index (χ4v) is 2.38. The fourth-order valence-electron chi connectivity index (χ4n) is 2.09. The van der Waals surface area contributed by atoms with E-state index < -0.39 is 0 Å². The highest BCUT2D eigenvalue weighted by molar-refractivity contribution is 6.32. The van der Waals surface area contributed by atoms with Crippen molar-refractivity contribution in [3.8, 4) is 11.5 Å². The molecule has 0 aliphatic heterocycles. The fraction of sp³-hybridized carbons (Fsp3) is 0.333. The number of rotatable bonds is 6. The Morgan fingerprint density at radius 3 is 2.77 bits per heavy atom. The number of nitrogens with one attached hydrogen (secondary N) is 1. The van der Waals surface area contributed by atoms with Gasteiger partial charge in [-0.15, -0.1) is 0 Å². The Bertz CT molecular complexity index is 644. The van der Waals surface area contributed by atoms with Gasteiger partial charge >= 0.3 is 0 Å². The number of methoxy groups -OCH3 is 2. The predicted molar refractivity (Wildman–Crippen MR) is 83.7 cm³/mol. The van der Waals surface area contributed by atoms with Crippen LogP contribution >= 0.6 is 11.6 Å². The first-order chi connectivity index (χ1) is 10.5. The number of amides is 1. The summed E-state index contributed by atoms with van der Waals surface area (Å²) in [6.45, 7) is 2.49. The molecule has 0 spiro atoms. The molecular formula is C15H18ClN3O3. The normalized spacial score (nSPS) is 11.8. The minimum absolute atomic E-state index is 0.0840. The van der Waals surface area contributed by atoms with Crippen molar-refractivity contribution in [1.82, 2.24) is 15.1 Å². The molecule has 1 aromatic carbocycles. The van der Waals surface area contributed by atoms with E-state index >= 15 is 0 Å². The highest BCUT2D eigenvalue weighted by Gasteiger charge is 2.16. The Hall–Kier alpha value is -2.21. The van der Waals surface area contributed by atoms with Gasteiger partial charge in [-0.3, -0.25) is 9.48 Å². The van der Waals surface area contributed by atoms with Crippen LogP contribution in [0.5, 0.6) is 11.5 Å². The lowest BCUT2D eigenvalue weighted by Gasteiger charge is -2.15. The average molecular weight is 324 g/mol. The summed E-state index contributed by atoms with van der Waals surface area (Å²) in [5, 5.41) is 7.33. The lowest BCUT2D eigenvalue weighted by atomic mass is 10.1. The zero-order valence-corrected chi connectivity index (χ0v) is 13.4. The van der Waals surface area contributed by atoms with Crippen LogP contribution in [0.1, 0.15) is 17.3 Å². The first-order valence-corrected chi connectivity index (χ1v) is 7.12. The molecule has 1 unspecified atom stereocenters. The van der Waals surface area contributed by atoms with E-state index in [1.54, 1.807) is 23.0 Å². The lowest BCUT2D eigenvalue weighted by molar-refractivity contribution is 0.0935. The number of aromatic nitrogens is 2. The molecule has 0 fully saturated rings. The van der Waals surface area contributed by atoms with Crippen LogP contribution in [0.25, 0.3) is 0 Å². The second-order valence-electron chi connectivity index (χ2n) is 4.80. The van der Waals surface area contributed by atoms with Crippen LogP contribution in [0, 0.1) is 0 Å². The molecule has 118 valence electrons. The van der Waals surface area contributed by atoms with Gasteiger partial charge in [0.15, 0.2) is 11.5 Å². The van der Waals surface area contributed by atoms with E-state index in [0.717, 1.165) is 0 Å². The molecule has 7 heteroatoms. The average Bonchev–Trinajstić information content (AvgIpc) is 2.98. The van der Waals surface area contributed by atoms with Crippen LogP contribution in [0.4, 0.5) is 0 Å². The number of carbonyl (C=O) groups is 1. The molecule has 1 atom stereocenters. The van der Waals surface area contributed by atoms with E-state index in [4.69, 9.17) is 21.1 Å². The maximum absolute atomic E-state index is 12.3. The van der Waals surface area contributed by atoms with Crippen molar-refractivity contribution < 1.29 is 14.3 Å². The van der Waals surface area contributed by atoms with Gasteiger partial charge in [-0.05, 0) is 25.1 Å². The largest absolute Gasteiger partial charge is 0.493 e. The van der Waals surface area contributed by atoms with Crippen LogP contribution in [0.2, 0.25) is 5.02 Å². The van der Waals surface area contributed by atoms with Crippen molar-refractivity contribution >= 4 is 17.5 Å². The Morgan fingerprint density at radius 2 is 2.18 bits per heavy atom. The molecule has 1 aromatic heterocycles. The number of nitrogens with zero attached hydrogens (tertiary/aromatic N) is 2. The topological polar surface area (TPSA) is 65.4 Å². The number of carbonyl (C=O) groups excluding carboxylic acids is 1. The van der Waals surface area contributed by atoms with Gasteiger partial charge in [0.1, 0.15) is 0 Å². The maximum Gasteiger partial charge on any atom is 0.251 e. The zero-order valence-electron chi connectivity index (χ0n) is 12.7. The number of benzene rings is 1. The third-order valence-electron chi connectivity index (χ3n) is 3.09. The molecule has 0 aliphatic rings. The van der Waals surface area contributed by atoms with E-state index in [-0.39, 0.29) is 11.9 Å². The van der Waals surface area contributed by atoms with E-state index in [2.05, 4.69) is 10.4 Å². The van der Waals surface area contributed by atoms with Crippen LogP contribution < -0.4 is 14.8 Å². The summed E-state index contributed by atoms with van der Waals surface area (Å²) in [4.78, 5) is 12.3. The second-order valence-corrected chi connectivity index (χ2v) is 5.20. The van der Waals surface area contributed by atoms with E-state index in [1.165, 1.54) is 14.2 Å². The molecule has 1 heterocycles. The first-order valence-electron chi connectivity index (χ1n) is 6.75. The molecule has 0 saturated carbocycles. The lowest BCUT2D eigenvalue weighted by Crippen LogP contribution is -2.35. The van der Waals surface area contributed by atoms with E-state index in [9.17, 15) is 4.79 Å². The predicted octanol–water partition coefficient (Wildman–Crippen LogP) is 2.37. The summed E-state index contributed by atoms with van der Waals surface area (Å²) in [7, 11) is 2.99. The summed E-state index contributed by atoms with van der Waals surface area (Å²) >= 11 is 6.11. The highest BCUT2D eigenvalue weighted by Crippen LogP contribution is 2.35. The van der Waals surface area contributed by atoms with Crippen molar-refractivity contribution in [2.24, 2.45) is 0 Å². The summed E-state index contributed by atoms with van der Waals surface area (Å²) in [5.74, 6) is 0.590. The Kier molecular flexibility index (Phi) is 5.27. The van der Waals surface area contributed by atoms with Gasteiger partial charge in [0.25, 0.3) is 5.91 Å². The minimum atomic E-state index is -0.234. The molecule has 0 saturated heterocycles. The molecule has 6 nitrogen and oxygen atoms in total. The highest BCUT2D eigenvalue weighted by atomic mass is 35.5. The Balaban J connectivity index is 2.10. The molecule has 2 aromatic rings. The number of halogens is 1. The van der Waals surface area contributed by atoms with Gasteiger partial charge < -0.3 is 14.8 Å². The Morgan fingerprint density at radius 1 is 1.41 bits per heavy atom. The minimum Gasteiger partial charge on any atom is -0.493 e. The number of hydrogen-bond donors (Lipinski definition) is 1. The molecule has 22 heavy (non-hydrogen) atoms. The quantitative estimate of drug-likeness (QED) is 0.886. The molecule has 1 N–H and O–H groups in total. The number of ether oxygens (including phenoxy) is 2. The molecular weight excluding hydrogens is 306 g/mol. The zero-order chi connectivity index (χ0) is 16.1. The van der Waals surface area contributed by atoms with Crippen molar-refractivity contribution in [3.05, 3.63) is 41.2 Å². The van der Waals surface area contributed by atoms with Gasteiger partial charge in [-0.1, -0.05) is 11.6 Å². The Labute approximate surface area is 134 Å². The van der Waals surface area contributed by atoms with Gasteiger partial charge in [0, 0.05) is 24.0 Å². The molecule has 0 aliphatic carbocycles. The summed E-state index contributed by atoms with van der Waals surface area (Å²) in [5.41, 5.74) is 0.412. The summed E-state index contributed by atoms with van der Waals surface area (Å²) in [6, 6.07) is 4.90. The van der Waals surface area contributed by atoms with Crippen molar-refractivity contribution in [1.29, 1.82) is 0 Å². The molecule has 0 radical (unpaired) electrons. The van der Waals surface area contributed by atoms with Crippen molar-refractivity contribution in [3.63, 3.8) is 0 Å². The van der Waals surface area contributed by atoms with Gasteiger partial charge in [0.2, 0.25) is 0 Å². The smallest absolute Gasteiger partial charge is 0.251 e.